The van der Waals surface area contributed by atoms with Gasteiger partial charge in [-0.1, -0.05) is 359 Å². The summed E-state index contributed by atoms with van der Waals surface area (Å²) < 4.78 is 0. The van der Waals surface area contributed by atoms with Gasteiger partial charge in [0.25, 0.3) is 0 Å². The maximum absolute atomic E-state index is 2.88. The van der Waals surface area contributed by atoms with Crippen LogP contribution in [0.25, 0.3) is 44.5 Å². The van der Waals surface area contributed by atoms with E-state index in [1.165, 1.54) is 255 Å². The fourth-order valence-corrected chi connectivity index (χ4v) is 21.0. The molecule has 4 aliphatic carbocycles. The Morgan fingerprint density at radius 2 is 0.529 bits per heavy atom. The molecule has 2 heteroatoms. The summed E-state index contributed by atoms with van der Waals surface area (Å²) >= 11 is 0. The molecule has 2 nitrogen and oxygen atoms in total. The van der Waals surface area contributed by atoms with Gasteiger partial charge in [-0.15, -0.1) is 0 Å². The number of anilines is 6. The van der Waals surface area contributed by atoms with Gasteiger partial charge < -0.3 is 9.80 Å². The first-order valence-electron chi connectivity index (χ1n) is 42.1. The zero-order valence-electron chi connectivity index (χ0n) is 66.6. The molecule has 0 radical (unpaired) electrons. The summed E-state index contributed by atoms with van der Waals surface area (Å²) in [5.74, 6) is 0. The van der Waals surface area contributed by atoms with Gasteiger partial charge in [0.15, 0.2) is 0 Å². The van der Waals surface area contributed by atoms with E-state index in [9.17, 15) is 0 Å². The number of benzene rings is 9. The summed E-state index contributed by atoms with van der Waals surface area (Å²) in [6, 6.07) is 77.9. The van der Waals surface area contributed by atoms with Gasteiger partial charge in [0.2, 0.25) is 0 Å². The van der Waals surface area contributed by atoms with Crippen molar-refractivity contribution in [2.75, 3.05) is 9.80 Å². The lowest BCUT2D eigenvalue weighted by molar-refractivity contribution is 0.394. The van der Waals surface area contributed by atoms with Crippen LogP contribution in [-0.2, 0) is 32.5 Å². The van der Waals surface area contributed by atoms with Crippen LogP contribution in [-0.4, -0.2) is 0 Å². The normalized spacial score (nSPS) is 16.2. The average Bonchev–Trinajstić information content (AvgIpc) is 1.53. The van der Waals surface area contributed by atoms with Gasteiger partial charge in [0.1, 0.15) is 0 Å². The summed E-state index contributed by atoms with van der Waals surface area (Å²) in [4.78, 5) is 5.26. The van der Waals surface area contributed by atoms with Crippen molar-refractivity contribution in [3.8, 4) is 44.5 Å². The van der Waals surface area contributed by atoms with E-state index in [1.54, 1.807) is 22.3 Å². The molecule has 0 bridgehead atoms. The molecule has 0 saturated carbocycles. The molecular formula is C102H128N2. The van der Waals surface area contributed by atoms with Crippen LogP contribution in [0.3, 0.4) is 0 Å². The lowest BCUT2D eigenvalue weighted by Crippen LogP contribution is -2.27. The Labute approximate surface area is 631 Å². The Kier molecular flexibility index (Phi) is 23.3. The Bertz CT molecular complexity index is 4050. The molecule has 0 N–H and O–H groups in total. The van der Waals surface area contributed by atoms with Gasteiger partial charge in [-0.25, -0.2) is 0 Å². The van der Waals surface area contributed by atoms with Gasteiger partial charge in [-0.05, 0) is 211 Å². The highest BCUT2D eigenvalue weighted by molar-refractivity contribution is 5.96. The lowest BCUT2D eigenvalue weighted by atomic mass is 9.68. The van der Waals surface area contributed by atoms with Crippen molar-refractivity contribution in [3.05, 3.63) is 239 Å². The predicted octanol–water partition coefficient (Wildman–Crippen LogP) is 31.4. The Hall–Kier alpha value is -7.42. The van der Waals surface area contributed by atoms with Gasteiger partial charge in [0, 0.05) is 44.7 Å². The van der Waals surface area contributed by atoms with Crippen molar-refractivity contribution in [2.24, 2.45) is 0 Å². The molecule has 0 saturated heterocycles. The number of rotatable bonds is 36. The van der Waals surface area contributed by atoms with Crippen LogP contribution < -0.4 is 9.80 Å². The number of hydrogen-bond donors (Lipinski definition) is 0. The summed E-state index contributed by atoms with van der Waals surface area (Å²) in [6.45, 7) is 29.1. The van der Waals surface area contributed by atoms with E-state index in [-0.39, 0.29) is 32.5 Å². The first kappa shape index (κ1) is 74.8. The molecule has 9 aromatic rings. The van der Waals surface area contributed by atoms with Crippen molar-refractivity contribution >= 4 is 34.1 Å². The van der Waals surface area contributed by atoms with Crippen LogP contribution in [0.1, 0.15) is 320 Å². The number of nitrogens with zero attached hydrogens (tertiary/aromatic N) is 2. The highest BCUT2D eigenvalue weighted by atomic mass is 15.2. The van der Waals surface area contributed by atoms with Crippen LogP contribution >= 0.6 is 0 Å². The Morgan fingerprint density at radius 1 is 0.231 bits per heavy atom. The second-order valence-electron chi connectivity index (χ2n) is 35.4. The quantitative estimate of drug-likeness (QED) is 0.0361. The van der Waals surface area contributed by atoms with Crippen LogP contribution in [0, 0.1) is 0 Å². The van der Waals surface area contributed by atoms with Gasteiger partial charge >= 0.3 is 0 Å². The monoisotopic (exact) mass is 1380 g/mol. The second kappa shape index (κ2) is 32.3. The average molecular weight is 1380 g/mol. The molecule has 104 heavy (non-hydrogen) atoms. The smallest absolute Gasteiger partial charge is 0.0540 e. The molecule has 546 valence electrons. The minimum Gasteiger partial charge on any atom is -0.310 e. The van der Waals surface area contributed by atoms with E-state index in [4.69, 9.17) is 0 Å². The highest BCUT2D eigenvalue weighted by Crippen LogP contribution is 2.63. The maximum atomic E-state index is 2.88. The standard InChI is InChI=1S/C102H128N2/c1-13-17-21-25-29-43-63-101(64-44-30-26-22-18-14-2)89-69-79(103(77-47-35-33-36-48-77)95-53-41-39-51-81(95)75-55-61-87-93(67-75)99(9,10)73-97(87,5)6)57-59-83(89)85-72-92-86(71-91(85)101)84-60-58-80(70-90(84)102(92,65-45-31-27-23-19-15-3)66-46-32-28-24-20-16-4)104(78-49-37-34-38-50-78)96-54-42-40-52-82(96)76-56-62-88-94(68-76)100(11,12)74-98(88,7)8/h33-42,47-62,67-72H,13-32,43-46,63-66,73-74H2,1-12H3. The van der Waals surface area contributed by atoms with Crippen molar-refractivity contribution in [1.82, 2.24) is 0 Å². The van der Waals surface area contributed by atoms with E-state index in [0.29, 0.717) is 0 Å². The van der Waals surface area contributed by atoms with Gasteiger partial charge in [-0.3, -0.25) is 0 Å². The maximum Gasteiger partial charge on any atom is 0.0540 e. The molecule has 0 spiro atoms. The molecule has 0 fully saturated rings. The first-order valence-corrected chi connectivity index (χ1v) is 42.1. The fraction of sp³-hybridized carbons (Fsp3) is 0.471. The van der Waals surface area contributed by atoms with E-state index in [2.05, 4.69) is 287 Å². The van der Waals surface area contributed by atoms with Gasteiger partial charge in [-0.2, -0.15) is 0 Å². The molecule has 9 aromatic carbocycles. The summed E-state index contributed by atoms with van der Waals surface area (Å²) in [5, 5.41) is 0. The first-order chi connectivity index (χ1) is 50.4. The Balaban J connectivity index is 1.01. The van der Waals surface area contributed by atoms with Gasteiger partial charge in [0.05, 0.1) is 11.4 Å². The van der Waals surface area contributed by atoms with E-state index >= 15 is 0 Å². The molecule has 0 amide bonds. The molecular weight excluding hydrogens is 1250 g/mol. The fourth-order valence-electron chi connectivity index (χ4n) is 21.0. The van der Waals surface area contributed by atoms with Crippen molar-refractivity contribution < 1.29 is 0 Å². The lowest BCUT2D eigenvalue weighted by Gasteiger charge is -2.36. The summed E-state index contributed by atoms with van der Waals surface area (Å²) in [7, 11) is 0. The second-order valence-corrected chi connectivity index (χ2v) is 35.4. The zero-order chi connectivity index (χ0) is 72.7. The van der Waals surface area contributed by atoms with Crippen LogP contribution in [0.2, 0.25) is 0 Å². The highest BCUT2D eigenvalue weighted by Gasteiger charge is 2.49. The number of para-hydroxylation sites is 4. The number of unbranched alkanes of at least 4 members (excludes halogenated alkanes) is 20. The molecule has 13 rings (SSSR count). The SMILES string of the molecule is CCCCCCCCC1(CCCCCCCC)c2cc(N(c3ccccc3)c3ccccc3-c3ccc4c(c3)C(C)(C)CC4(C)C)ccc2-c2cc3c(cc21)-c1ccc(N(c2ccccc2)c2ccccc2-c2ccc4c(c2)C(C)(C)CC4(C)C)cc1C3(CCCCCCCC)CCCCCCCC. The number of hydrogen-bond acceptors (Lipinski definition) is 2. The summed E-state index contributed by atoms with van der Waals surface area (Å²) in [5.41, 5.74) is 31.0. The minimum atomic E-state index is -0.161. The van der Waals surface area contributed by atoms with E-state index in [1.807, 2.05) is 0 Å². The van der Waals surface area contributed by atoms with Crippen molar-refractivity contribution in [1.29, 1.82) is 0 Å². The molecule has 0 unspecified atom stereocenters. The molecule has 0 aliphatic heterocycles. The molecule has 4 aliphatic rings. The molecule has 0 heterocycles. The molecule has 0 atom stereocenters. The van der Waals surface area contributed by atoms with E-state index in [0.717, 1.165) is 38.5 Å². The topological polar surface area (TPSA) is 6.48 Å². The van der Waals surface area contributed by atoms with Crippen LogP contribution in [0.4, 0.5) is 34.1 Å². The zero-order valence-corrected chi connectivity index (χ0v) is 66.6. The third-order valence-corrected chi connectivity index (χ3v) is 25.8. The third kappa shape index (κ3) is 15.1. The Morgan fingerprint density at radius 3 is 0.875 bits per heavy atom. The third-order valence-electron chi connectivity index (χ3n) is 25.8. The summed E-state index contributed by atoms with van der Waals surface area (Å²) in [6.07, 6.45) is 37.9. The van der Waals surface area contributed by atoms with E-state index < -0.39 is 0 Å². The largest absolute Gasteiger partial charge is 0.310 e. The van der Waals surface area contributed by atoms with Crippen LogP contribution in [0.5, 0.6) is 0 Å². The number of fused-ring (bicyclic) bond motifs is 8. The predicted molar refractivity (Wildman–Crippen MR) is 452 cm³/mol. The molecule has 0 aromatic heterocycles. The van der Waals surface area contributed by atoms with Crippen molar-refractivity contribution in [3.63, 3.8) is 0 Å². The van der Waals surface area contributed by atoms with Crippen LogP contribution in [0.15, 0.2) is 194 Å². The minimum absolute atomic E-state index is 0.0934. The van der Waals surface area contributed by atoms with Crippen molar-refractivity contribution in [2.45, 2.75) is 308 Å².